The molecule has 8 nitrogen and oxygen atoms in total. The van der Waals surface area contributed by atoms with Gasteiger partial charge in [-0.3, -0.25) is 0 Å². The van der Waals surface area contributed by atoms with Crippen molar-refractivity contribution in [3.05, 3.63) is 45.9 Å². The predicted molar refractivity (Wildman–Crippen MR) is 135 cm³/mol. The summed E-state index contributed by atoms with van der Waals surface area (Å²) < 4.78 is 16.8. The molecular weight excluding hydrogens is 468 g/mol. The Kier molecular flexibility index (Phi) is 8.38. The van der Waals surface area contributed by atoms with Crippen LogP contribution >= 0.6 is 11.6 Å². The number of halogens is 1. The Morgan fingerprint density at radius 1 is 1.26 bits per heavy atom. The van der Waals surface area contributed by atoms with E-state index in [2.05, 4.69) is 17.4 Å². The highest BCUT2D eigenvalue weighted by Gasteiger charge is 2.23. The number of nitrogens with one attached hydrogen (secondary N) is 1. The number of hydrogen-bond donors (Lipinski definition) is 2. The van der Waals surface area contributed by atoms with Gasteiger partial charge < -0.3 is 24.4 Å². The van der Waals surface area contributed by atoms with Gasteiger partial charge in [0.2, 0.25) is 0 Å². The Labute approximate surface area is 211 Å². The zero-order valence-corrected chi connectivity index (χ0v) is 21.5. The van der Waals surface area contributed by atoms with Crippen LogP contribution in [-0.4, -0.2) is 59.7 Å². The van der Waals surface area contributed by atoms with E-state index in [1.807, 2.05) is 19.9 Å². The maximum Gasteiger partial charge on any atom is 0.161 e. The van der Waals surface area contributed by atoms with Gasteiger partial charge in [-0.05, 0) is 76.8 Å². The molecule has 2 unspecified atom stereocenters. The lowest BCUT2D eigenvalue weighted by molar-refractivity contribution is 0.108. The van der Waals surface area contributed by atoms with Gasteiger partial charge in [-0.1, -0.05) is 16.8 Å². The lowest BCUT2D eigenvalue weighted by Crippen LogP contribution is -2.29. The number of ether oxygens (including phenoxy) is 2. The van der Waals surface area contributed by atoms with E-state index in [9.17, 15) is 5.11 Å². The van der Waals surface area contributed by atoms with Gasteiger partial charge in [0.25, 0.3) is 0 Å². The largest absolute Gasteiger partial charge is 0.491 e. The van der Waals surface area contributed by atoms with Crippen molar-refractivity contribution in [3.8, 4) is 28.4 Å². The quantitative estimate of drug-likeness (QED) is 0.424. The summed E-state index contributed by atoms with van der Waals surface area (Å²) in [5.74, 6) is 2.37. The summed E-state index contributed by atoms with van der Waals surface area (Å²) in [5.41, 5.74) is 5.13. The molecule has 0 bridgehead atoms. The molecule has 1 aromatic carbocycles. The van der Waals surface area contributed by atoms with Crippen molar-refractivity contribution in [1.29, 1.82) is 0 Å². The molecule has 1 saturated heterocycles. The molecular formula is C26H33ClN4O4. The van der Waals surface area contributed by atoms with E-state index < -0.39 is 6.10 Å². The van der Waals surface area contributed by atoms with E-state index in [0.29, 0.717) is 40.4 Å². The molecule has 9 heteroatoms. The third-order valence-corrected chi connectivity index (χ3v) is 6.72. The van der Waals surface area contributed by atoms with Crippen LogP contribution in [0.3, 0.4) is 0 Å². The van der Waals surface area contributed by atoms with E-state index in [4.69, 9.17) is 35.6 Å². The molecule has 0 spiro atoms. The second kappa shape index (κ2) is 11.5. The summed E-state index contributed by atoms with van der Waals surface area (Å²) in [4.78, 5) is 9.90. The van der Waals surface area contributed by atoms with Crippen LogP contribution in [0.1, 0.15) is 35.6 Å². The first-order chi connectivity index (χ1) is 16.9. The van der Waals surface area contributed by atoms with Gasteiger partial charge in [0, 0.05) is 31.0 Å². The van der Waals surface area contributed by atoms with Crippen LogP contribution in [-0.2, 0) is 11.2 Å². The third kappa shape index (κ3) is 6.01. The molecule has 4 rings (SSSR count). The Bertz CT molecular complexity index is 1140. The van der Waals surface area contributed by atoms with Gasteiger partial charge in [0.15, 0.2) is 5.82 Å². The van der Waals surface area contributed by atoms with E-state index in [1.54, 1.807) is 19.2 Å². The molecule has 0 radical (unpaired) electrons. The Hall–Kier alpha value is -2.52. The first kappa shape index (κ1) is 25.6. The fraction of sp³-hybridized carbons (Fsp3) is 0.500. The fourth-order valence-electron chi connectivity index (χ4n) is 4.40. The van der Waals surface area contributed by atoms with Gasteiger partial charge in [-0.2, -0.15) is 0 Å². The van der Waals surface area contributed by atoms with Crippen LogP contribution in [0.2, 0.25) is 5.02 Å². The summed E-state index contributed by atoms with van der Waals surface area (Å²) in [5, 5.41) is 17.6. The first-order valence-corrected chi connectivity index (χ1v) is 12.4. The minimum absolute atomic E-state index is 0.162. The average Bonchev–Trinajstić information content (AvgIpc) is 3.48. The lowest BCUT2D eigenvalue weighted by Gasteiger charge is -2.16. The van der Waals surface area contributed by atoms with Crippen LogP contribution in [0.4, 0.5) is 0 Å². The molecule has 35 heavy (non-hydrogen) atoms. The topological polar surface area (TPSA) is 103 Å². The number of aliphatic hydroxyl groups is 1. The minimum Gasteiger partial charge on any atom is -0.491 e. The highest BCUT2D eigenvalue weighted by Crippen LogP contribution is 2.35. The molecule has 2 aromatic heterocycles. The first-order valence-electron chi connectivity index (χ1n) is 12.0. The van der Waals surface area contributed by atoms with E-state index in [0.717, 1.165) is 60.7 Å². The van der Waals surface area contributed by atoms with Gasteiger partial charge in [-0.15, -0.1) is 0 Å². The van der Waals surface area contributed by atoms with Gasteiger partial charge in [0.05, 0.1) is 22.0 Å². The molecule has 1 fully saturated rings. The zero-order chi connectivity index (χ0) is 24.9. The number of benzene rings is 1. The van der Waals surface area contributed by atoms with Crippen LogP contribution in [0, 0.1) is 26.7 Å². The van der Waals surface area contributed by atoms with E-state index >= 15 is 0 Å². The van der Waals surface area contributed by atoms with Crippen molar-refractivity contribution < 1.29 is 19.1 Å². The molecule has 3 aromatic rings. The smallest absolute Gasteiger partial charge is 0.161 e. The Morgan fingerprint density at radius 2 is 2.09 bits per heavy atom. The number of aromatic nitrogens is 3. The zero-order valence-electron chi connectivity index (χ0n) is 20.7. The second-order valence-electron chi connectivity index (χ2n) is 9.10. The second-order valence-corrected chi connectivity index (χ2v) is 9.51. The standard InChI is InChI=1S/C26H33ClN4O4/c1-15-23(8-5-18-9-10-33-13-18)29-26(30-25(15)24-16(2)31-35-17(24)3)21-11-20(6-7-22(21)27)34-14-19(32)12-28-4/h6-7,11,18-19,28,32H,5,8-10,12-14H2,1-4H3. The summed E-state index contributed by atoms with van der Waals surface area (Å²) in [7, 11) is 1.78. The number of aryl methyl sites for hydroxylation is 3. The summed E-state index contributed by atoms with van der Waals surface area (Å²) >= 11 is 6.61. The van der Waals surface area contributed by atoms with Crippen LogP contribution in [0.25, 0.3) is 22.6 Å². The number of aliphatic hydroxyl groups excluding tert-OH is 1. The maximum atomic E-state index is 10.00. The highest BCUT2D eigenvalue weighted by atomic mass is 35.5. The maximum absolute atomic E-state index is 10.00. The molecule has 1 aliphatic heterocycles. The third-order valence-electron chi connectivity index (χ3n) is 6.39. The van der Waals surface area contributed by atoms with E-state index in [-0.39, 0.29) is 6.61 Å². The Balaban J connectivity index is 1.72. The summed E-state index contributed by atoms with van der Waals surface area (Å²) in [6, 6.07) is 5.37. The molecule has 2 atom stereocenters. The SMILES string of the molecule is CNCC(O)COc1ccc(Cl)c(-c2nc(CCC3CCOC3)c(C)c(-c3c(C)noc3C)n2)c1. The number of hydrogen-bond acceptors (Lipinski definition) is 8. The summed E-state index contributed by atoms with van der Waals surface area (Å²) in [6.07, 6.45) is 2.28. The molecule has 3 heterocycles. The van der Waals surface area contributed by atoms with Crippen molar-refractivity contribution in [2.24, 2.45) is 5.92 Å². The van der Waals surface area contributed by atoms with Gasteiger partial charge in [-0.25, -0.2) is 9.97 Å². The molecule has 188 valence electrons. The van der Waals surface area contributed by atoms with Crippen LogP contribution in [0.5, 0.6) is 5.75 Å². The van der Waals surface area contributed by atoms with E-state index in [1.165, 1.54) is 0 Å². The number of rotatable bonds is 10. The minimum atomic E-state index is -0.618. The van der Waals surface area contributed by atoms with Crippen LogP contribution in [0.15, 0.2) is 22.7 Å². The summed E-state index contributed by atoms with van der Waals surface area (Å²) in [6.45, 7) is 8.10. The molecule has 0 amide bonds. The van der Waals surface area contributed by atoms with Crippen molar-refractivity contribution in [3.63, 3.8) is 0 Å². The van der Waals surface area contributed by atoms with Gasteiger partial charge >= 0.3 is 0 Å². The Morgan fingerprint density at radius 3 is 2.77 bits per heavy atom. The monoisotopic (exact) mass is 500 g/mol. The van der Waals surface area contributed by atoms with Crippen molar-refractivity contribution in [2.45, 2.75) is 46.1 Å². The number of nitrogens with zero attached hydrogens (tertiary/aromatic N) is 3. The average molecular weight is 501 g/mol. The fourth-order valence-corrected chi connectivity index (χ4v) is 4.60. The molecule has 2 N–H and O–H groups in total. The number of likely N-dealkylation sites (N-methyl/N-ethyl adjacent to an activating group) is 1. The highest BCUT2D eigenvalue weighted by molar-refractivity contribution is 6.33. The van der Waals surface area contributed by atoms with Gasteiger partial charge in [0.1, 0.15) is 24.2 Å². The molecule has 1 aliphatic rings. The van der Waals surface area contributed by atoms with Crippen molar-refractivity contribution in [1.82, 2.24) is 20.4 Å². The normalized spacial score (nSPS) is 16.6. The molecule has 0 saturated carbocycles. The van der Waals surface area contributed by atoms with Crippen molar-refractivity contribution >= 4 is 11.6 Å². The predicted octanol–water partition coefficient (Wildman–Crippen LogP) is 4.31. The molecule has 0 aliphatic carbocycles. The lowest BCUT2D eigenvalue weighted by atomic mass is 9.97. The van der Waals surface area contributed by atoms with Crippen molar-refractivity contribution in [2.75, 3.05) is 33.4 Å². The van der Waals surface area contributed by atoms with Crippen LogP contribution < -0.4 is 10.1 Å².